The van der Waals surface area contributed by atoms with Crippen molar-refractivity contribution >= 4 is 11.9 Å². The normalized spacial score (nSPS) is 11.1. The van der Waals surface area contributed by atoms with E-state index in [1.165, 1.54) is 12.7 Å². The Hall–Kier alpha value is -2.69. The second-order valence-electron chi connectivity index (χ2n) is 7.24. The van der Waals surface area contributed by atoms with E-state index in [4.69, 9.17) is 4.74 Å². The highest BCUT2D eigenvalue weighted by Crippen LogP contribution is 2.22. The van der Waals surface area contributed by atoms with Gasteiger partial charge in [0.05, 0.1) is 13.5 Å². The van der Waals surface area contributed by atoms with E-state index in [1.807, 2.05) is 36.4 Å². The Kier molecular flexibility index (Phi) is 6.50. The van der Waals surface area contributed by atoms with E-state index >= 15 is 0 Å². The van der Waals surface area contributed by atoms with Crippen LogP contribution in [0.25, 0.3) is 0 Å². The van der Waals surface area contributed by atoms with Crippen molar-refractivity contribution < 1.29 is 14.3 Å². The summed E-state index contributed by atoms with van der Waals surface area (Å²) in [5, 5.41) is 0. The van der Waals surface area contributed by atoms with Crippen molar-refractivity contribution in [2.45, 2.75) is 39.2 Å². The largest absolute Gasteiger partial charge is 0.469 e. The van der Waals surface area contributed by atoms with E-state index in [2.05, 4.69) is 25.8 Å². The highest BCUT2D eigenvalue weighted by Gasteiger charge is 2.19. The molecule has 1 amide bonds. The van der Waals surface area contributed by atoms with Crippen LogP contribution in [0.15, 0.2) is 48.8 Å². The third kappa shape index (κ3) is 5.41. The molecule has 0 radical (unpaired) electrons. The van der Waals surface area contributed by atoms with Crippen molar-refractivity contribution in [3.05, 3.63) is 65.5 Å². The molecule has 0 atom stereocenters. The minimum Gasteiger partial charge on any atom is -0.469 e. The summed E-state index contributed by atoms with van der Waals surface area (Å²) in [6, 6.07) is 11.4. The fourth-order valence-corrected chi connectivity index (χ4v) is 2.59. The first-order valence-corrected chi connectivity index (χ1v) is 8.67. The van der Waals surface area contributed by atoms with Crippen LogP contribution in [0.4, 0.5) is 0 Å². The number of methoxy groups -OCH3 is 1. The zero-order chi connectivity index (χ0) is 19.2. The van der Waals surface area contributed by atoms with Gasteiger partial charge in [0, 0.05) is 31.0 Å². The highest BCUT2D eigenvalue weighted by molar-refractivity contribution is 5.94. The van der Waals surface area contributed by atoms with Crippen LogP contribution in [0.1, 0.15) is 48.7 Å². The standard InChI is InChI=1S/C21H26N2O3/c1-21(2,3)18-9-7-17(8-10-18)20(25)23(13-11-19(24)26-4)15-16-6-5-12-22-14-16/h5-10,12,14H,11,13,15H2,1-4H3. The lowest BCUT2D eigenvalue weighted by atomic mass is 9.86. The van der Waals surface area contributed by atoms with Gasteiger partial charge in [-0.1, -0.05) is 39.0 Å². The average molecular weight is 354 g/mol. The summed E-state index contributed by atoms with van der Waals surface area (Å²) < 4.78 is 4.70. The van der Waals surface area contributed by atoms with Gasteiger partial charge in [0.25, 0.3) is 5.91 Å². The Morgan fingerprint density at radius 1 is 1.12 bits per heavy atom. The van der Waals surface area contributed by atoms with E-state index in [-0.39, 0.29) is 23.7 Å². The molecule has 0 aliphatic carbocycles. The van der Waals surface area contributed by atoms with Crippen molar-refractivity contribution in [1.29, 1.82) is 0 Å². The number of carbonyl (C=O) groups excluding carboxylic acids is 2. The molecule has 1 aromatic heterocycles. The van der Waals surface area contributed by atoms with Crippen LogP contribution in [0, 0.1) is 0 Å². The number of nitrogens with zero attached hydrogens (tertiary/aromatic N) is 2. The lowest BCUT2D eigenvalue weighted by molar-refractivity contribution is -0.140. The first kappa shape index (κ1) is 19.6. The maximum absolute atomic E-state index is 13.0. The lowest BCUT2D eigenvalue weighted by Crippen LogP contribution is -2.33. The number of rotatable bonds is 6. The Bertz CT molecular complexity index is 734. The van der Waals surface area contributed by atoms with Gasteiger partial charge < -0.3 is 9.64 Å². The summed E-state index contributed by atoms with van der Waals surface area (Å²) in [5.74, 6) is -0.449. The van der Waals surface area contributed by atoms with E-state index < -0.39 is 0 Å². The molecule has 0 aliphatic rings. The van der Waals surface area contributed by atoms with Crippen LogP contribution in [0.2, 0.25) is 0 Å². The fourth-order valence-electron chi connectivity index (χ4n) is 2.59. The molecule has 5 nitrogen and oxygen atoms in total. The first-order valence-electron chi connectivity index (χ1n) is 8.67. The van der Waals surface area contributed by atoms with Gasteiger partial charge in [-0.05, 0) is 34.7 Å². The SMILES string of the molecule is COC(=O)CCN(Cc1cccnc1)C(=O)c1ccc(C(C)(C)C)cc1. The van der Waals surface area contributed by atoms with E-state index in [1.54, 1.807) is 17.3 Å². The van der Waals surface area contributed by atoms with Crippen molar-refractivity contribution in [2.24, 2.45) is 0 Å². The van der Waals surface area contributed by atoms with Crippen molar-refractivity contribution in [1.82, 2.24) is 9.88 Å². The second kappa shape index (κ2) is 8.61. The van der Waals surface area contributed by atoms with E-state index in [9.17, 15) is 9.59 Å². The molecule has 0 spiro atoms. The van der Waals surface area contributed by atoms with E-state index in [0.717, 1.165) is 5.56 Å². The van der Waals surface area contributed by atoms with Crippen LogP contribution in [0.5, 0.6) is 0 Å². The molecule has 26 heavy (non-hydrogen) atoms. The van der Waals surface area contributed by atoms with Gasteiger partial charge in [-0.2, -0.15) is 0 Å². The molecule has 138 valence electrons. The molecule has 0 unspecified atom stereocenters. The quantitative estimate of drug-likeness (QED) is 0.744. The Morgan fingerprint density at radius 3 is 2.35 bits per heavy atom. The molecule has 0 N–H and O–H groups in total. The predicted molar refractivity (Wildman–Crippen MR) is 101 cm³/mol. The van der Waals surface area contributed by atoms with Crippen molar-refractivity contribution in [3.63, 3.8) is 0 Å². The van der Waals surface area contributed by atoms with Gasteiger partial charge in [0.1, 0.15) is 0 Å². The van der Waals surface area contributed by atoms with Crippen molar-refractivity contribution in [2.75, 3.05) is 13.7 Å². The molecular weight excluding hydrogens is 328 g/mol. The zero-order valence-corrected chi connectivity index (χ0v) is 15.9. The number of ether oxygens (including phenoxy) is 1. The molecule has 2 aromatic rings. The summed E-state index contributed by atoms with van der Waals surface area (Å²) in [4.78, 5) is 30.2. The molecule has 2 rings (SSSR count). The van der Waals surface area contributed by atoms with Gasteiger partial charge in [0.2, 0.25) is 0 Å². The summed E-state index contributed by atoms with van der Waals surface area (Å²) in [6.07, 6.45) is 3.57. The molecule has 5 heteroatoms. The van der Waals surface area contributed by atoms with Crippen LogP contribution >= 0.6 is 0 Å². The zero-order valence-electron chi connectivity index (χ0n) is 15.9. The predicted octanol–water partition coefficient (Wildman–Crippen LogP) is 3.58. The third-order valence-electron chi connectivity index (χ3n) is 4.19. The Morgan fingerprint density at radius 2 is 1.81 bits per heavy atom. The van der Waals surface area contributed by atoms with Gasteiger partial charge in [-0.25, -0.2) is 0 Å². The molecule has 0 saturated heterocycles. The van der Waals surface area contributed by atoms with Crippen LogP contribution < -0.4 is 0 Å². The number of aromatic nitrogens is 1. The fraction of sp³-hybridized carbons (Fsp3) is 0.381. The summed E-state index contributed by atoms with van der Waals surface area (Å²) in [6.45, 7) is 7.09. The molecular formula is C21H26N2O3. The molecule has 0 aliphatic heterocycles. The molecule has 1 aromatic carbocycles. The number of benzene rings is 1. The average Bonchev–Trinajstić information content (AvgIpc) is 2.64. The molecule has 0 fully saturated rings. The van der Waals surface area contributed by atoms with Gasteiger partial charge in [-0.15, -0.1) is 0 Å². The molecule has 0 saturated carbocycles. The van der Waals surface area contributed by atoms with Crippen LogP contribution in [0.3, 0.4) is 0 Å². The smallest absolute Gasteiger partial charge is 0.307 e. The molecule has 1 heterocycles. The first-order chi connectivity index (χ1) is 12.3. The summed E-state index contributed by atoms with van der Waals surface area (Å²) in [7, 11) is 1.35. The third-order valence-corrected chi connectivity index (χ3v) is 4.19. The molecule has 0 bridgehead atoms. The van der Waals surface area contributed by atoms with Crippen molar-refractivity contribution in [3.8, 4) is 0 Å². The minimum atomic E-state index is -0.336. The van der Waals surface area contributed by atoms with Gasteiger partial charge >= 0.3 is 5.97 Å². The second-order valence-corrected chi connectivity index (χ2v) is 7.24. The summed E-state index contributed by atoms with van der Waals surface area (Å²) >= 11 is 0. The maximum Gasteiger partial charge on any atom is 0.307 e. The lowest BCUT2D eigenvalue weighted by Gasteiger charge is -2.23. The summed E-state index contributed by atoms with van der Waals surface area (Å²) in [5.41, 5.74) is 2.72. The van der Waals surface area contributed by atoms with E-state index in [0.29, 0.717) is 18.7 Å². The maximum atomic E-state index is 13.0. The van der Waals surface area contributed by atoms with Crippen LogP contribution in [-0.4, -0.2) is 35.4 Å². The van der Waals surface area contributed by atoms with Crippen LogP contribution in [-0.2, 0) is 21.5 Å². The van der Waals surface area contributed by atoms with Gasteiger partial charge in [-0.3, -0.25) is 14.6 Å². The topological polar surface area (TPSA) is 59.5 Å². The number of pyridine rings is 1. The number of esters is 1. The highest BCUT2D eigenvalue weighted by atomic mass is 16.5. The number of hydrogen-bond donors (Lipinski definition) is 0. The number of carbonyl (C=O) groups is 2. The Balaban J connectivity index is 2.19. The number of amides is 1. The monoisotopic (exact) mass is 354 g/mol. The number of hydrogen-bond acceptors (Lipinski definition) is 4. The Labute approximate surface area is 155 Å². The minimum absolute atomic E-state index is 0.0296. The van der Waals surface area contributed by atoms with Gasteiger partial charge in [0.15, 0.2) is 0 Å².